The molecule has 2 aromatic rings. The minimum Gasteiger partial charge on any atom is -0.325 e. The monoisotopic (exact) mass is 309 g/mol. The van der Waals surface area contributed by atoms with Gasteiger partial charge in [0.25, 0.3) is 0 Å². The first-order valence-electron chi connectivity index (χ1n) is 7.28. The smallest absolute Gasteiger partial charge is 0.235 e. The second-order valence-corrected chi connectivity index (χ2v) is 6.06. The molecule has 1 aliphatic carbocycles. The maximum atomic E-state index is 12.8. The average Bonchev–Trinajstić information content (AvgIpc) is 2.48. The van der Waals surface area contributed by atoms with E-state index in [-0.39, 0.29) is 5.91 Å². The van der Waals surface area contributed by atoms with Crippen molar-refractivity contribution < 1.29 is 4.79 Å². The van der Waals surface area contributed by atoms with Crippen LogP contribution in [0.1, 0.15) is 30.4 Å². The van der Waals surface area contributed by atoms with Crippen molar-refractivity contribution in [3.05, 3.63) is 64.7 Å². The standard InChI is InChI=1S/C19H16ClNO/c1-2-14-5-3-6-17(13-14)21-18(22)19(11-4-12-19)15-7-9-16(20)10-8-15/h1,3,5-10,13H,4,11-12H2,(H,21,22). The third kappa shape index (κ3) is 2.61. The van der Waals surface area contributed by atoms with Crippen LogP contribution < -0.4 is 5.32 Å². The fourth-order valence-electron chi connectivity index (χ4n) is 2.88. The van der Waals surface area contributed by atoms with Gasteiger partial charge in [0.15, 0.2) is 0 Å². The van der Waals surface area contributed by atoms with Crippen molar-refractivity contribution >= 4 is 23.2 Å². The molecule has 22 heavy (non-hydrogen) atoms. The van der Waals surface area contributed by atoms with Crippen LogP contribution in [-0.2, 0) is 10.2 Å². The van der Waals surface area contributed by atoms with Gasteiger partial charge in [0.2, 0.25) is 5.91 Å². The minimum atomic E-state index is -0.448. The summed E-state index contributed by atoms with van der Waals surface area (Å²) < 4.78 is 0. The molecule has 0 bridgehead atoms. The van der Waals surface area contributed by atoms with Gasteiger partial charge in [-0.05, 0) is 48.7 Å². The quantitative estimate of drug-likeness (QED) is 0.838. The molecule has 2 nitrogen and oxygen atoms in total. The molecule has 1 N–H and O–H groups in total. The lowest BCUT2D eigenvalue weighted by Crippen LogP contribution is -2.46. The Balaban J connectivity index is 1.85. The summed E-state index contributed by atoms with van der Waals surface area (Å²) in [5, 5.41) is 3.69. The zero-order chi connectivity index (χ0) is 15.6. The molecule has 110 valence electrons. The van der Waals surface area contributed by atoms with Crippen molar-refractivity contribution in [1.29, 1.82) is 0 Å². The van der Waals surface area contributed by atoms with Gasteiger partial charge >= 0.3 is 0 Å². The molecule has 1 aliphatic rings. The summed E-state index contributed by atoms with van der Waals surface area (Å²) in [5.74, 6) is 2.60. The number of amides is 1. The summed E-state index contributed by atoms with van der Waals surface area (Å²) in [6, 6.07) is 14.9. The molecule has 1 saturated carbocycles. The van der Waals surface area contributed by atoms with Crippen LogP contribution in [0.4, 0.5) is 5.69 Å². The van der Waals surface area contributed by atoms with Gasteiger partial charge < -0.3 is 5.32 Å². The Hall–Kier alpha value is -2.24. The Morgan fingerprint density at radius 1 is 1.18 bits per heavy atom. The van der Waals surface area contributed by atoms with Gasteiger partial charge in [-0.15, -0.1) is 6.42 Å². The zero-order valence-corrected chi connectivity index (χ0v) is 12.9. The predicted molar refractivity (Wildman–Crippen MR) is 90.0 cm³/mol. The van der Waals surface area contributed by atoms with Crippen LogP contribution in [0.2, 0.25) is 5.02 Å². The number of terminal acetylenes is 1. The summed E-state index contributed by atoms with van der Waals surface area (Å²) in [4.78, 5) is 12.8. The summed E-state index contributed by atoms with van der Waals surface area (Å²) in [6.45, 7) is 0. The second-order valence-electron chi connectivity index (χ2n) is 5.62. The maximum absolute atomic E-state index is 12.8. The second kappa shape index (κ2) is 5.87. The van der Waals surface area contributed by atoms with E-state index in [2.05, 4.69) is 11.2 Å². The molecule has 3 rings (SSSR count). The first-order valence-corrected chi connectivity index (χ1v) is 7.66. The number of carbonyl (C=O) groups excluding carboxylic acids is 1. The van der Waals surface area contributed by atoms with Crippen LogP contribution >= 0.6 is 11.6 Å². The highest BCUT2D eigenvalue weighted by atomic mass is 35.5. The van der Waals surface area contributed by atoms with Crippen LogP contribution in [0.3, 0.4) is 0 Å². The lowest BCUT2D eigenvalue weighted by Gasteiger charge is -2.40. The van der Waals surface area contributed by atoms with Crippen molar-refractivity contribution in [2.45, 2.75) is 24.7 Å². The highest BCUT2D eigenvalue weighted by Crippen LogP contribution is 2.44. The Morgan fingerprint density at radius 3 is 2.50 bits per heavy atom. The first kappa shape index (κ1) is 14.7. The van der Waals surface area contributed by atoms with E-state index in [0.717, 1.165) is 36.1 Å². The molecule has 2 aromatic carbocycles. The molecular formula is C19H16ClNO. The lowest BCUT2D eigenvalue weighted by atomic mass is 9.64. The van der Waals surface area contributed by atoms with Gasteiger partial charge in [-0.3, -0.25) is 4.79 Å². The third-order valence-corrected chi connectivity index (χ3v) is 4.58. The van der Waals surface area contributed by atoms with E-state index in [1.54, 1.807) is 0 Å². The van der Waals surface area contributed by atoms with Gasteiger partial charge in [-0.2, -0.15) is 0 Å². The molecule has 0 aliphatic heterocycles. The number of halogens is 1. The number of hydrogen-bond donors (Lipinski definition) is 1. The summed E-state index contributed by atoms with van der Waals surface area (Å²) in [6.07, 6.45) is 8.17. The predicted octanol–water partition coefficient (Wildman–Crippen LogP) is 4.38. The normalized spacial score (nSPS) is 15.5. The van der Waals surface area contributed by atoms with Gasteiger partial charge in [-0.25, -0.2) is 0 Å². The van der Waals surface area contributed by atoms with Crippen LogP contribution in [0.5, 0.6) is 0 Å². The van der Waals surface area contributed by atoms with Crippen LogP contribution in [0.25, 0.3) is 0 Å². The van der Waals surface area contributed by atoms with E-state index in [9.17, 15) is 4.79 Å². The molecule has 0 radical (unpaired) electrons. The Kier molecular flexibility index (Phi) is 3.92. The number of carbonyl (C=O) groups is 1. The topological polar surface area (TPSA) is 29.1 Å². The molecule has 0 saturated heterocycles. The third-order valence-electron chi connectivity index (χ3n) is 4.33. The molecule has 1 fully saturated rings. The molecular weight excluding hydrogens is 294 g/mol. The van der Waals surface area contributed by atoms with Gasteiger partial charge in [0, 0.05) is 16.3 Å². The molecule has 1 amide bonds. The largest absolute Gasteiger partial charge is 0.325 e. The SMILES string of the molecule is C#Cc1cccc(NC(=O)C2(c3ccc(Cl)cc3)CCC2)c1. The van der Waals surface area contributed by atoms with Gasteiger partial charge in [0.1, 0.15) is 0 Å². The Morgan fingerprint density at radius 2 is 1.91 bits per heavy atom. The Labute approximate surface area is 135 Å². The van der Waals surface area contributed by atoms with Crippen molar-refractivity contribution in [2.24, 2.45) is 0 Å². The van der Waals surface area contributed by atoms with Crippen molar-refractivity contribution in [1.82, 2.24) is 0 Å². The highest BCUT2D eigenvalue weighted by molar-refractivity contribution is 6.30. The van der Waals surface area contributed by atoms with E-state index in [0.29, 0.717) is 5.02 Å². The molecule has 0 atom stereocenters. The summed E-state index contributed by atoms with van der Waals surface area (Å²) in [7, 11) is 0. The number of anilines is 1. The van der Waals surface area contributed by atoms with Crippen molar-refractivity contribution in [3.63, 3.8) is 0 Å². The van der Waals surface area contributed by atoms with E-state index < -0.39 is 5.41 Å². The number of benzene rings is 2. The zero-order valence-electron chi connectivity index (χ0n) is 12.1. The maximum Gasteiger partial charge on any atom is 0.235 e. The number of nitrogens with one attached hydrogen (secondary N) is 1. The highest BCUT2D eigenvalue weighted by Gasteiger charge is 2.45. The summed E-state index contributed by atoms with van der Waals surface area (Å²) in [5.41, 5.74) is 2.07. The fourth-order valence-corrected chi connectivity index (χ4v) is 3.01. The average molecular weight is 310 g/mol. The van der Waals surface area contributed by atoms with E-state index >= 15 is 0 Å². The lowest BCUT2D eigenvalue weighted by molar-refractivity contribution is -0.124. The van der Waals surface area contributed by atoms with Crippen molar-refractivity contribution in [2.75, 3.05) is 5.32 Å². The fraction of sp³-hybridized carbons (Fsp3) is 0.211. The minimum absolute atomic E-state index is 0.0234. The molecule has 0 aromatic heterocycles. The number of rotatable bonds is 3. The van der Waals surface area contributed by atoms with E-state index in [1.807, 2.05) is 48.5 Å². The first-order chi connectivity index (χ1) is 10.6. The van der Waals surface area contributed by atoms with Crippen molar-refractivity contribution in [3.8, 4) is 12.3 Å². The van der Waals surface area contributed by atoms with E-state index in [1.165, 1.54) is 0 Å². The van der Waals surface area contributed by atoms with Crippen LogP contribution in [-0.4, -0.2) is 5.91 Å². The molecule has 3 heteroatoms. The van der Waals surface area contributed by atoms with Gasteiger partial charge in [-0.1, -0.05) is 42.1 Å². The number of hydrogen-bond acceptors (Lipinski definition) is 1. The molecule has 0 heterocycles. The molecule has 0 spiro atoms. The van der Waals surface area contributed by atoms with Gasteiger partial charge in [0.05, 0.1) is 5.41 Å². The Bertz CT molecular complexity index is 739. The van der Waals surface area contributed by atoms with Crippen LogP contribution in [0, 0.1) is 12.3 Å². The van der Waals surface area contributed by atoms with E-state index in [4.69, 9.17) is 18.0 Å². The molecule has 0 unspecified atom stereocenters. The summed E-state index contributed by atoms with van der Waals surface area (Å²) >= 11 is 5.95. The van der Waals surface area contributed by atoms with Crippen LogP contribution in [0.15, 0.2) is 48.5 Å².